The van der Waals surface area contributed by atoms with Crippen molar-refractivity contribution >= 4 is 10.8 Å². The molecule has 0 spiro atoms. The maximum absolute atomic E-state index is 5.89. The zero-order chi connectivity index (χ0) is 11.5. The number of benzene rings is 3. The first-order chi connectivity index (χ1) is 8.43. The summed E-state index contributed by atoms with van der Waals surface area (Å²) >= 11 is 0. The summed E-state index contributed by atoms with van der Waals surface area (Å²) in [5.41, 5.74) is 0. The van der Waals surface area contributed by atoms with Gasteiger partial charge in [-0.3, -0.25) is 0 Å². The van der Waals surface area contributed by atoms with Gasteiger partial charge >= 0.3 is 0 Å². The Hall–Kier alpha value is -2.28. The molecular weight excluding hydrogens is 208 g/mol. The first-order valence-corrected chi connectivity index (χ1v) is 5.64. The fraction of sp³-hybridized carbons (Fsp3) is 0. The molecule has 0 N–H and O–H groups in total. The van der Waals surface area contributed by atoms with E-state index in [4.69, 9.17) is 4.74 Å². The Labute approximate surface area is 100 Å². The van der Waals surface area contributed by atoms with Crippen LogP contribution < -0.4 is 4.74 Å². The molecule has 0 aliphatic carbocycles. The van der Waals surface area contributed by atoms with Crippen molar-refractivity contribution < 1.29 is 4.74 Å². The molecular formula is C16H12O. The molecule has 0 saturated carbocycles. The third-order valence-electron chi connectivity index (χ3n) is 2.72. The monoisotopic (exact) mass is 220 g/mol. The molecule has 1 nitrogen and oxygen atoms in total. The molecule has 0 atom stereocenters. The van der Waals surface area contributed by atoms with Gasteiger partial charge in [0.15, 0.2) is 0 Å². The Balaban J connectivity index is 2.06. The van der Waals surface area contributed by atoms with Crippen LogP contribution in [0.4, 0.5) is 0 Å². The molecule has 3 rings (SSSR count). The van der Waals surface area contributed by atoms with Gasteiger partial charge in [0, 0.05) is 5.39 Å². The first-order valence-electron chi connectivity index (χ1n) is 5.64. The first kappa shape index (κ1) is 9.91. The average molecular weight is 220 g/mol. The molecule has 0 aliphatic heterocycles. The van der Waals surface area contributed by atoms with Crippen LogP contribution in [0.1, 0.15) is 0 Å². The third kappa shape index (κ3) is 2.00. The molecule has 17 heavy (non-hydrogen) atoms. The van der Waals surface area contributed by atoms with Crippen molar-refractivity contribution in [1.29, 1.82) is 0 Å². The van der Waals surface area contributed by atoms with Gasteiger partial charge < -0.3 is 4.74 Å². The van der Waals surface area contributed by atoms with E-state index < -0.39 is 0 Å². The van der Waals surface area contributed by atoms with E-state index in [-0.39, 0.29) is 0 Å². The van der Waals surface area contributed by atoms with E-state index in [1.54, 1.807) is 0 Å². The molecule has 0 unspecified atom stereocenters. The maximum atomic E-state index is 5.89. The van der Waals surface area contributed by atoms with Gasteiger partial charge in [-0.1, -0.05) is 54.6 Å². The lowest BCUT2D eigenvalue weighted by molar-refractivity contribution is 0.488. The van der Waals surface area contributed by atoms with Gasteiger partial charge in [0.05, 0.1) is 0 Å². The number of hydrogen-bond acceptors (Lipinski definition) is 1. The lowest BCUT2D eigenvalue weighted by atomic mass is 10.1. The lowest BCUT2D eigenvalue weighted by Crippen LogP contribution is -1.84. The normalized spacial score (nSPS) is 10.4. The van der Waals surface area contributed by atoms with Crippen LogP contribution in [0.3, 0.4) is 0 Å². The molecule has 0 heterocycles. The molecule has 0 radical (unpaired) electrons. The molecule has 0 aliphatic rings. The second kappa shape index (κ2) is 4.30. The highest BCUT2D eigenvalue weighted by Crippen LogP contribution is 2.29. The van der Waals surface area contributed by atoms with Crippen LogP contribution in [-0.2, 0) is 0 Å². The summed E-state index contributed by atoms with van der Waals surface area (Å²) in [6.45, 7) is 0. The Bertz CT molecular complexity index is 624. The summed E-state index contributed by atoms with van der Waals surface area (Å²) in [5, 5.41) is 2.33. The van der Waals surface area contributed by atoms with E-state index >= 15 is 0 Å². The summed E-state index contributed by atoms with van der Waals surface area (Å²) < 4.78 is 5.89. The highest BCUT2D eigenvalue weighted by Gasteiger charge is 2.01. The van der Waals surface area contributed by atoms with Crippen molar-refractivity contribution in [3.8, 4) is 11.5 Å². The van der Waals surface area contributed by atoms with Crippen molar-refractivity contribution in [1.82, 2.24) is 0 Å². The standard InChI is InChI=1S/C16H12O/c1-2-9-14(10-3-1)17-16-12-6-8-13-7-4-5-11-15(13)16/h1-12H. The van der Waals surface area contributed by atoms with Crippen LogP contribution in [-0.4, -0.2) is 0 Å². The van der Waals surface area contributed by atoms with Gasteiger partial charge in [-0.2, -0.15) is 0 Å². The van der Waals surface area contributed by atoms with Crippen LogP contribution >= 0.6 is 0 Å². The number of rotatable bonds is 2. The van der Waals surface area contributed by atoms with E-state index in [9.17, 15) is 0 Å². The van der Waals surface area contributed by atoms with Gasteiger partial charge in [0.25, 0.3) is 0 Å². The molecule has 0 fully saturated rings. The van der Waals surface area contributed by atoms with Gasteiger partial charge in [-0.25, -0.2) is 0 Å². The Morgan fingerprint density at radius 3 is 2.18 bits per heavy atom. The van der Waals surface area contributed by atoms with Crippen molar-refractivity contribution in [3.63, 3.8) is 0 Å². The van der Waals surface area contributed by atoms with Gasteiger partial charge in [0.2, 0.25) is 0 Å². The minimum atomic E-state index is 0.865. The molecule has 0 saturated heterocycles. The van der Waals surface area contributed by atoms with Gasteiger partial charge in [0.1, 0.15) is 11.5 Å². The molecule has 1 heteroatoms. The summed E-state index contributed by atoms with van der Waals surface area (Å²) in [5.74, 6) is 1.76. The van der Waals surface area contributed by atoms with E-state index in [0.717, 1.165) is 16.9 Å². The molecule has 0 bridgehead atoms. The second-order valence-corrected chi connectivity index (χ2v) is 3.89. The van der Waals surface area contributed by atoms with Crippen LogP contribution in [0.5, 0.6) is 11.5 Å². The quantitative estimate of drug-likeness (QED) is 0.611. The predicted octanol–water partition coefficient (Wildman–Crippen LogP) is 4.63. The van der Waals surface area contributed by atoms with Crippen molar-refractivity contribution in [2.75, 3.05) is 0 Å². The van der Waals surface area contributed by atoms with E-state index in [2.05, 4.69) is 18.2 Å². The molecule has 82 valence electrons. The summed E-state index contributed by atoms with van der Waals surface area (Å²) in [6, 6.07) is 24.2. The van der Waals surface area contributed by atoms with E-state index in [1.165, 1.54) is 5.39 Å². The minimum Gasteiger partial charge on any atom is -0.457 e. The molecule has 3 aromatic carbocycles. The fourth-order valence-electron chi connectivity index (χ4n) is 1.90. The van der Waals surface area contributed by atoms with E-state index in [0.29, 0.717) is 0 Å². The van der Waals surface area contributed by atoms with Crippen molar-refractivity contribution in [2.24, 2.45) is 0 Å². The molecule has 0 aromatic heterocycles. The summed E-state index contributed by atoms with van der Waals surface area (Å²) in [6.07, 6.45) is 0. The zero-order valence-corrected chi connectivity index (χ0v) is 9.34. The van der Waals surface area contributed by atoms with Crippen LogP contribution in [0.25, 0.3) is 10.8 Å². The number of ether oxygens (including phenoxy) is 1. The Morgan fingerprint density at radius 2 is 1.29 bits per heavy atom. The number of fused-ring (bicyclic) bond motifs is 1. The van der Waals surface area contributed by atoms with Gasteiger partial charge in [-0.05, 0) is 23.6 Å². The smallest absolute Gasteiger partial charge is 0.135 e. The lowest BCUT2D eigenvalue weighted by Gasteiger charge is -2.08. The highest BCUT2D eigenvalue weighted by molar-refractivity contribution is 5.88. The van der Waals surface area contributed by atoms with E-state index in [1.807, 2.05) is 54.6 Å². The van der Waals surface area contributed by atoms with Crippen molar-refractivity contribution in [3.05, 3.63) is 72.8 Å². The number of para-hydroxylation sites is 1. The molecule has 0 amide bonds. The van der Waals surface area contributed by atoms with Crippen LogP contribution in [0.2, 0.25) is 0 Å². The number of hydrogen-bond donors (Lipinski definition) is 0. The average Bonchev–Trinajstić information content (AvgIpc) is 2.40. The fourth-order valence-corrected chi connectivity index (χ4v) is 1.90. The van der Waals surface area contributed by atoms with Gasteiger partial charge in [-0.15, -0.1) is 0 Å². The second-order valence-electron chi connectivity index (χ2n) is 3.89. The van der Waals surface area contributed by atoms with Crippen LogP contribution in [0, 0.1) is 0 Å². The van der Waals surface area contributed by atoms with Crippen LogP contribution in [0.15, 0.2) is 72.8 Å². The SMILES string of the molecule is c1ccc(Oc2cccc3ccccc23)cc1. The Kier molecular flexibility index (Phi) is 2.51. The predicted molar refractivity (Wildman–Crippen MR) is 70.5 cm³/mol. The maximum Gasteiger partial charge on any atom is 0.135 e. The summed E-state index contributed by atoms with van der Waals surface area (Å²) in [4.78, 5) is 0. The minimum absolute atomic E-state index is 0.865. The topological polar surface area (TPSA) is 9.23 Å². The Morgan fingerprint density at radius 1 is 0.588 bits per heavy atom. The highest BCUT2D eigenvalue weighted by atomic mass is 16.5. The molecule has 3 aromatic rings. The third-order valence-corrected chi connectivity index (χ3v) is 2.72. The zero-order valence-electron chi connectivity index (χ0n) is 9.34. The summed E-state index contributed by atoms with van der Waals surface area (Å²) in [7, 11) is 0. The largest absolute Gasteiger partial charge is 0.457 e. The van der Waals surface area contributed by atoms with Crippen molar-refractivity contribution in [2.45, 2.75) is 0 Å².